The minimum absolute atomic E-state index is 0.177. The third-order valence-electron chi connectivity index (χ3n) is 2.44. The number of hydrogen-bond acceptors (Lipinski definition) is 5. The summed E-state index contributed by atoms with van der Waals surface area (Å²) in [6.07, 6.45) is 2.79. The summed E-state index contributed by atoms with van der Waals surface area (Å²) in [6.45, 7) is 5.86. The number of carbonyl (C=O) groups is 1. The Balaban J connectivity index is 2.39. The van der Waals surface area contributed by atoms with Gasteiger partial charge in [-0.15, -0.1) is 11.8 Å². The molecule has 2 aromatic rings. The summed E-state index contributed by atoms with van der Waals surface area (Å²) >= 11 is 1.62. The smallest absolute Gasteiger partial charge is 0.339 e. The van der Waals surface area contributed by atoms with E-state index in [1.165, 1.54) is 17.2 Å². The van der Waals surface area contributed by atoms with Gasteiger partial charge >= 0.3 is 5.97 Å². The standard InChI is InChI=1S/C12H14N4O2S/c1-7(2)19-11-4-10(13-6-14-11)16-8(3)9(5-15-16)12(17)18/h4-7H,1-3H3,(H,17,18). The largest absolute Gasteiger partial charge is 0.478 e. The van der Waals surface area contributed by atoms with Crippen LogP contribution in [0.1, 0.15) is 29.9 Å². The van der Waals surface area contributed by atoms with Gasteiger partial charge in [0.2, 0.25) is 0 Å². The highest BCUT2D eigenvalue weighted by molar-refractivity contribution is 7.99. The van der Waals surface area contributed by atoms with Gasteiger partial charge in [-0.25, -0.2) is 19.4 Å². The maximum atomic E-state index is 11.0. The lowest BCUT2D eigenvalue weighted by Gasteiger charge is -2.07. The molecule has 0 saturated heterocycles. The Morgan fingerprint density at radius 1 is 1.42 bits per heavy atom. The van der Waals surface area contributed by atoms with Crippen molar-refractivity contribution in [2.24, 2.45) is 0 Å². The highest BCUT2D eigenvalue weighted by Gasteiger charge is 2.15. The molecule has 0 radical (unpaired) electrons. The molecule has 100 valence electrons. The molecule has 0 aromatic carbocycles. The Bertz CT molecular complexity index is 610. The van der Waals surface area contributed by atoms with Crippen LogP contribution in [0.25, 0.3) is 5.82 Å². The molecule has 1 N–H and O–H groups in total. The molecule has 0 unspecified atom stereocenters. The van der Waals surface area contributed by atoms with Crippen LogP contribution in [-0.2, 0) is 0 Å². The van der Waals surface area contributed by atoms with Gasteiger partial charge in [0.25, 0.3) is 0 Å². The zero-order chi connectivity index (χ0) is 14.0. The second kappa shape index (κ2) is 5.40. The molecule has 0 amide bonds. The van der Waals surface area contributed by atoms with Crippen LogP contribution in [0.3, 0.4) is 0 Å². The number of hydrogen-bond donors (Lipinski definition) is 1. The van der Waals surface area contributed by atoms with Crippen molar-refractivity contribution in [3.63, 3.8) is 0 Å². The van der Waals surface area contributed by atoms with Gasteiger partial charge in [0.15, 0.2) is 5.82 Å². The van der Waals surface area contributed by atoms with E-state index < -0.39 is 5.97 Å². The maximum Gasteiger partial charge on any atom is 0.339 e. The average Bonchev–Trinajstić information content (AvgIpc) is 2.70. The van der Waals surface area contributed by atoms with Crippen LogP contribution in [0.15, 0.2) is 23.6 Å². The Morgan fingerprint density at radius 2 is 2.16 bits per heavy atom. The molecule has 0 atom stereocenters. The minimum Gasteiger partial charge on any atom is -0.478 e. The predicted molar refractivity (Wildman–Crippen MR) is 71.8 cm³/mol. The molecule has 0 saturated carbocycles. The van der Waals surface area contributed by atoms with E-state index in [1.807, 2.05) is 0 Å². The zero-order valence-electron chi connectivity index (χ0n) is 10.9. The normalized spacial score (nSPS) is 10.9. The van der Waals surface area contributed by atoms with Crippen molar-refractivity contribution >= 4 is 17.7 Å². The average molecular weight is 278 g/mol. The second-order valence-corrected chi connectivity index (χ2v) is 5.84. The van der Waals surface area contributed by atoms with Gasteiger partial charge in [-0.2, -0.15) is 5.10 Å². The summed E-state index contributed by atoms with van der Waals surface area (Å²) in [4.78, 5) is 19.3. The first-order chi connectivity index (χ1) is 8.99. The van der Waals surface area contributed by atoms with E-state index in [2.05, 4.69) is 28.9 Å². The highest BCUT2D eigenvalue weighted by atomic mass is 32.2. The molecule has 19 heavy (non-hydrogen) atoms. The molecule has 7 heteroatoms. The van der Waals surface area contributed by atoms with E-state index in [0.29, 0.717) is 16.8 Å². The van der Waals surface area contributed by atoms with E-state index >= 15 is 0 Å². The molecule has 0 aliphatic heterocycles. The van der Waals surface area contributed by atoms with Gasteiger partial charge in [-0.1, -0.05) is 13.8 Å². The maximum absolute atomic E-state index is 11.0. The second-order valence-electron chi connectivity index (χ2n) is 4.24. The summed E-state index contributed by atoms with van der Waals surface area (Å²) in [6, 6.07) is 1.80. The lowest BCUT2D eigenvalue weighted by atomic mass is 10.3. The number of aromatic carboxylic acids is 1. The number of thioether (sulfide) groups is 1. The fourth-order valence-electron chi connectivity index (χ4n) is 1.60. The molecule has 0 bridgehead atoms. The molecule has 6 nitrogen and oxygen atoms in total. The predicted octanol–water partition coefficient (Wildman–Crippen LogP) is 2.17. The van der Waals surface area contributed by atoms with Crippen molar-refractivity contribution in [3.05, 3.63) is 29.8 Å². The number of carboxylic acids is 1. The molecule has 0 fully saturated rings. The van der Waals surface area contributed by atoms with E-state index in [-0.39, 0.29) is 5.56 Å². The first kappa shape index (κ1) is 13.5. The van der Waals surface area contributed by atoms with Gasteiger partial charge in [0.1, 0.15) is 16.9 Å². The topological polar surface area (TPSA) is 80.9 Å². The van der Waals surface area contributed by atoms with Gasteiger partial charge in [0.05, 0.1) is 11.9 Å². The molecule has 0 aliphatic carbocycles. The molecule has 2 rings (SSSR count). The molecule has 2 aromatic heterocycles. The summed E-state index contributed by atoms with van der Waals surface area (Å²) in [5, 5.41) is 14.3. The number of nitrogens with zero attached hydrogens (tertiary/aromatic N) is 4. The monoisotopic (exact) mass is 278 g/mol. The van der Waals surface area contributed by atoms with E-state index in [9.17, 15) is 4.79 Å². The Kier molecular flexibility index (Phi) is 3.84. The fourth-order valence-corrected chi connectivity index (χ4v) is 2.37. The van der Waals surface area contributed by atoms with Crippen LogP contribution in [0.4, 0.5) is 0 Å². The third kappa shape index (κ3) is 2.93. The summed E-state index contributed by atoms with van der Waals surface area (Å²) in [7, 11) is 0. The van der Waals surface area contributed by atoms with Gasteiger partial charge in [0, 0.05) is 11.3 Å². The van der Waals surface area contributed by atoms with Crippen molar-refractivity contribution in [2.75, 3.05) is 0 Å². The van der Waals surface area contributed by atoms with Crippen molar-refractivity contribution in [2.45, 2.75) is 31.0 Å². The first-order valence-electron chi connectivity index (χ1n) is 5.76. The van der Waals surface area contributed by atoms with Crippen LogP contribution in [0.2, 0.25) is 0 Å². The van der Waals surface area contributed by atoms with Crippen LogP contribution >= 0.6 is 11.8 Å². The number of aromatic nitrogens is 4. The van der Waals surface area contributed by atoms with Crippen LogP contribution < -0.4 is 0 Å². The molecular weight excluding hydrogens is 264 g/mol. The summed E-state index contributed by atoms with van der Waals surface area (Å²) in [5.74, 6) is -0.419. The van der Waals surface area contributed by atoms with E-state index in [4.69, 9.17) is 5.11 Å². The van der Waals surface area contributed by atoms with Gasteiger partial charge in [-0.3, -0.25) is 0 Å². The van der Waals surface area contributed by atoms with Crippen LogP contribution in [0.5, 0.6) is 0 Å². The highest BCUT2D eigenvalue weighted by Crippen LogP contribution is 2.22. The summed E-state index contributed by atoms with van der Waals surface area (Å²) in [5.41, 5.74) is 0.725. The third-order valence-corrected chi connectivity index (χ3v) is 3.38. The lowest BCUT2D eigenvalue weighted by Crippen LogP contribution is -2.05. The van der Waals surface area contributed by atoms with Crippen LogP contribution in [0, 0.1) is 6.92 Å². The Morgan fingerprint density at radius 3 is 2.74 bits per heavy atom. The zero-order valence-corrected chi connectivity index (χ0v) is 11.7. The molecular formula is C12H14N4O2S. The van der Waals surface area contributed by atoms with Crippen molar-refractivity contribution in [1.29, 1.82) is 0 Å². The van der Waals surface area contributed by atoms with Crippen LogP contribution in [-0.4, -0.2) is 36.1 Å². The number of rotatable bonds is 4. The van der Waals surface area contributed by atoms with E-state index in [0.717, 1.165) is 5.03 Å². The molecule has 0 aliphatic rings. The van der Waals surface area contributed by atoms with Crippen molar-refractivity contribution in [3.8, 4) is 5.82 Å². The fraction of sp³-hybridized carbons (Fsp3) is 0.333. The Labute approximate surface area is 114 Å². The van der Waals surface area contributed by atoms with Crippen molar-refractivity contribution < 1.29 is 9.90 Å². The SMILES string of the molecule is Cc1c(C(=O)O)cnn1-c1cc(SC(C)C)ncn1. The van der Waals surface area contributed by atoms with Crippen molar-refractivity contribution in [1.82, 2.24) is 19.7 Å². The lowest BCUT2D eigenvalue weighted by molar-refractivity contribution is 0.0696. The quantitative estimate of drug-likeness (QED) is 0.682. The Hall–Kier alpha value is -1.89. The van der Waals surface area contributed by atoms with E-state index in [1.54, 1.807) is 24.8 Å². The van der Waals surface area contributed by atoms with Gasteiger partial charge in [-0.05, 0) is 6.92 Å². The first-order valence-corrected chi connectivity index (χ1v) is 6.64. The minimum atomic E-state index is -0.991. The molecule has 0 spiro atoms. The van der Waals surface area contributed by atoms with Gasteiger partial charge < -0.3 is 5.11 Å². The summed E-state index contributed by atoms with van der Waals surface area (Å²) < 4.78 is 1.51. The molecule has 2 heterocycles. The number of carboxylic acid groups (broad SMARTS) is 1.